The second-order valence-electron chi connectivity index (χ2n) is 5.86. The second-order valence-corrected chi connectivity index (χ2v) is 5.86. The van der Waals surface area contributed by atoms with Crippen molar-refractivity contribution in [3.05, 3.63) is 48.0 Å². The lowest BCUT2D eigenvalue weighted by Gasteiger charge is -2.30. The molecule has 0 N–H and O–H groups in total. The highest BCUT2D eigenvalue weighted by molar-refractivity contribution is 5.84. The van der Waals surface area contributed by atoms with E-state index in [1.54, 1.807) is 56.3 Å². The third kappa shape index (κ3) is 3.89. The molecule has 2 rings (SSSR count). The lowest BCUT2D eigenvalue weighted by Crippen LogP contribution is -2.47. The number of benzene rings is 1. The maximum atomic E-state index is 12.6. The van der Waals surface area contributed by atoms with Crippen LogP contribution in [0.2, 0.25) is 0 Å². The minimum Gasteiger partial charge on any atom is -0.478 e. The fraction of sp³-hybridized carbons (Fsp3) is 0.353. The SMILES string of the molecule is CN(Cc1nccn1C)C(=O)C(C)(C)Oc1ccc(C#N)cc1. The molecule has 6 nitrogen and oxygen atoms in total. The van der Waals surface area contributed by atoms with Crippen molar-refractivity contribution in [1.82, 2.24) is 14.5 Å². The zero-order valence-electron chi connectivity index (χ0n) is 13.8. The Bertz CT molecular complexity index is 726. The molecular weight excluding hydrogens is 292 g/mol. The highest BCUT2D eigenvalue weighted by Gasteiger charge is 2.33. The summed E-state index contributed by atoms with van der Waals surface area (Å²) in [6, 6.07) is 8.74. The molecule has 1 amide bonds. The molecule has 0 radical (unpaired) electrons. The molecule has 0 saturated heterocycles. The van der Waals surface area contributed by atoms with Crippen LogP contribution in [0.15, 0.2) is 36.7 Å². The monoisotopic (exact) mass is 312 g/mol. The largest absolute Gasteiger partial charge is 0.478 e. The fourth-order valence-electron chi connectivity index (χ4n) is 2.23. The fourth-order valence-corrected chi connectivity index (χ4v) is 2.23. The van der Waals surface area contributed by atoms with Gasteiger partial charge in [-0.1, -0.05) is 0 Å². The van der Waals surface area contributed by atoms with E-state index >= 15 is 0 Å². The number of carbonyl (C=O) groups is 1. The van der Waals surface area contributed by atoms with Crippen LogP contribution >= 0.6 is 0 Å². The normalized spacial score (nSPS) is 10.9. The molecule has 2 aromatic rings. The smallest absolute Gasteiger partial charge is 0.266 e. The van der Waals surface area contributed by atoms with E-state index in [1.807, 2.05) is 23.9 Å². The summed E-state index contributed by atoms with van der Waals surface area (Å²) in [5.74, 6) is 1.20. The quantitative estimate of drug-likeness (QED) is 0.847. The number of ether oxygens (including phenoxy) is 1. The van der Waals surface area contributed by atoms with Crippen molar-refractivity contribution in [2.45, 2.75) is 26.0 Å². The molecule has 0 unspecified atom stereocenters. The maximum absolute atomic E-state index is 12.6. The Kier molecular flexibility index (Phi) is 4.70. The number of likely N-dealkylation sites (N-methyl/N-ethyl adjacent to an activating group) is 1. The number of carbonyl (C=O) groups excluding carboxylic acids is 1. The summed E-state index contributed by atoms with van der Waals surface area (Å²) in [5.41, 5.74) is -0.470. The van der Waals surface area contributed by atoms with Crippen LogP contribution < -0.4 is 4.74 Å². The number of amides is 1. The lowest BCUT2D eigenvalue weighted by atomic mass is 10.1. The van der Waals surface area contributed by atoms with Gasteiger partial charge in [-0.25, -0.2) is 4.98 Å². The van der Waals surface area contributed by atoms with Crippen LogP contribution in [-0.4, -0.2) is 33.0 Å². The average Bonchev–Trinajstić information content (AvgIpc) is 2.92. The van der Waals surface area contributed by atoms with Gasteiger partial charge in [0.05, 0.1) is 18.2 Å². The second kappa shape index (κ2) is 6.53. The minimum absolute atomic E-state index is 0.148. The summed E-state index contributed by atoms with van der Waals surface area (Å²) in [6.45, 7) is 3.85. The van der Waals surface area contributed by atoms with Crippen LogP contribution in [0.5, 0.6) is 5.75 Å². The average molecular weight is 312 g/mol. The minimum atomic E-state index is -1.02. The predicted molar refractivity (Wildman–Crippen MR) is 85.5 cm³/mol. The van der Waals surface area contributed by atoms with Gasteiger partial charge < -0.3 is 14.2 Å². The molecule has 0 saturated carbocycles. The van der Waals surface area contributed by atoms with Crippen molar-refractivity contribution < 1.29 is 9.53 Å². The van der Waals surface area contributed by atoms with Crippen molar-refractivity contribution in [2.24, 2.45) is 7.05 Å². The molecule has 0 spiro atoms. The van der Waals surface area contributed by atoms with Gasteiger partial charge in [0.15, 0.2) is 5.60 Å². The van der Waals surface area contributed by atoms with Crippen molar-refractivity contribution in [3.8, 4) is 11.8 Å². The molecule has 1 aromatic carbocycles. The van der Waals surface area contributed by atoms with E-state index in [9.17, 15) is 4.79 Å². The predicted octanol–water partition coefficient (Wildman–Crippen LogP) is 2.11. The Balaban J connectivity index is 2.06. The molecular formula is C17H20N4O2. The van der Waals surface area contributed by atoms with Crippen LogP contribution in [0, 0.1) is 11.3 Å². The van der Waals surface area contributed by atoms with Crippen LogP contribution in [0.4, 0.5) is 0 Å². The molecule has 0 bridgehead atoms. The summed E-state index contributed by atoms with van der Waals surface area (Å²) >= 11 is 0. The molecule has 23 heavy (non-hydrogen) atoms. The number of aryl methyl sites for hydroxylation is 1. The summed E-state index contributed by atoms with van der Waals surface area (Å²) in [4.78, 5) is 18.5. The Morgan fingerprint density at radius 2 is 2.04 bits per heavy atom. The van der Waals surface area contributed by atoms with Gasteiger partial charge in [-0.2, -0.15) is 5.26 Å². The first kappa shape index (κ1) is 16.6. The van der Waals surface area contributed by atoms with Crippen molar-refractivity contribution in [1.29, 1.82) is 5.26 Å². The summed E-state index contributed by atoms with van der Waals surface area (Å²) in [7, 11) is 3.61. The highest BCUT2D eigenvalue weighted by atomic mass is 16.5. The lowest BCUT2D eigenvalue weighted by molar-refractivity contribution is -0.144. The molecule has 0 atom stereocenters. The molecule has 1 heterocycles. The highest BCUT2D eigenvalue weighted by Crippen LogP contribution is 2.21. The van der Waals surface area contributed by atoms with Crippen molar-refractivity contribution in [2.75, 3.05) is 7.05 Å². The van der Waals surface area contributed by atoms with Gasteiger partial charge in [-0.3, -0.25) is 4.79 Å². The summed E-state index contributed by atoms with van der Waals surface area (Å²) < 4.78 is 7.68. The standard InChI is InChI=1S/C17H20N4O2/c1-17(2,23-14-7-5-13(11-18)6-8-14)16(22)21(4)12-15-19-9-10-20(15)3/h5-10H,12H2,1-4H3. The van der Waals surface area contributed by atoms with Crippen LogP contribution in [-0.2, 0) is 18.4 Å². The van der Waals surface area contributed by atoms with E-state index in [4.69, 9.17) is 10.00 Å². The molecule has 6 heteroatoms. The number of hydrogen-bond acceptors (Lipinski definition) is 4. The van der Waals surface area contributed by atoms with Gasteiger partial charge in [-0.15, -0.1) is 0 Å². The Morgan fingerprint density at radius 3 is 2.57 bits per heavy atom. The third-order valence-electron chi connectivity index (χ3n) is 3.52. The summed E-state index contributed by atoms with van der Waals surface area (Å²) in [6.07, 6.45) is 3.54. The van der Waals surface area contributed by atoms with Gasteiger partial charge in [-0.05, 0) is 38.1 Å². The number of hydrogen-bond donors (Lipinski definition) is 0. The molecule has 0 aliphatic heterocycles. The van der Waals surface area contributed by atoms with Gasteiger partial charge in [0.1, 0.15) is 11.6 Å². The molecule has 120 valence electrons. The van der Waals surface area contributed by atoms with Gasteiger partial charge in [0.25, 0.3) is 5.91 Å². The molecule has 0 fully saturated rings. The molecule has 1 aromatic heterocycles. The van der Waals surface area contributed by atoms with Crippen molar-refractivity contribution >= 4 is 5.91 Å². The van der Waals surface area contributed by atoms with Crippen molar-refractivity contribution in [3.63, 3.8) is 0 Å². The van der Waals surface area contributed by atoms with Crippen LogP contribution in [0.3, 0.4) is 0 Å². The van der Waals surface area contributed by atoms with E-state index in [2.05, 4.69) is 4.98 Å². The number of nitrogens with zero attached hydrogens (tertiary/aromatic N) is 4. The zero-order chi connectivity index (χ0) is 17.0. The van der Waals surface area contributed by atoms with Gasteiger partial charge in [0, 0.05) is 26.5 Å². The van der Waals surface area contributed by atoms with E-state index in [-0.39, 0.29) is 5.91 Å². The molecule has 0 aliphatic rings. The topological polar surface area (TPSA) is 71.2 Å². The van der Waals surface area contributed by atoms with Crippen LogP contribution in [0.25, 0.3) is 0 Å². The van der Waals surface area contributed by atoms with E-state index in [1.165, 1.54) is 0 Å². The first-order valence-corrected chi connectivity index (χ1v) is 7.24. The Labute approximate surface area is 135 Å². The Hall–Kier alpha value is -2.81. The first-order valence-electron chi connectivity index (χ1n) is 7.24. The number of aromatic nitrogens is 2. The number of nitriles is 1. The van der Waals surface area contributed by atoms with E-state index in [0.717, 1.165) is 5.82 Å². The first-order chi connectivity index (χ1) is 10.8. The summed E-state index contributed by atoms with van der Waals surface area (Å²) in [5, 5.41) is 8.81. The molecule has 0 aliphatic carbocycles. The van der Waals surface area contributed by atoms with E-state index in [0.29, 0.717) is 17.9 Å². The number of rotatable bonds is 5. The Morgan fingerprint density at radius 1 is 1.39 bits per heavy atom. The maximum Gasteiger partial charge on any atom is 0.266 e. The van der Waals surface area contributed by atoms with Gasteiger partial charge >= 0.3 is 0 Å². The zero-order valence-corrected chi connectivity index (χ0v) is 13.8. The van der Waals surface area contributed by atoms with E-state index < -0.39 is 5.60 Å². The van der Waals surface area contributed by atoms with Gasteiger partial charge in [0.2, 0.25) is 0 Å². The van der Waals surface area contributed by atoms with Crippen LogP contribution in [0.1, 0.15) is 25.2 Å². The third-order valence-corrected chi connectivity index (χ3v) is 3.52. The number of imidazole rings is 1.